The van der Waals surface area contributed by atoms with E-state index in [2.05, 4.69) is 0 Å². The molecule has 0 aliphatic carbocycles. The third kappa shape index (κ3) is 4.43. The zero-order valence-corrected chi connectivity index (χ0v) is 13.5. The van der Waals surface area contributed by atoms with Crippen molar-refractivity contribution in [2.75, 3.05) is 11.5 Å². The second kappa shape index (κ2) is 7.04. The fourth-order valence-electron chi connectivity index (χ4n) is 2.49. The minimum absolute atomic E-state index is 0.0528. The summed E-state index contributed by atoms with van der Waals surface area (Å²) in [5.74, 6) is -0.106. The Balaban J connectivity index is 3.17. The van der Waals surface area contributed by atoms with Gasteiger partial charge >= 0.3 is 0 Å². The molecule has 19 heavy (non-hydrogen) atoms. The summed E-state index contributed by atoms with van der Waals surface area (Å²) < 4.78 is 50.2. The van der Waals surface area contributed by atoms with Crippen LogP contribution >= 0.6 is 0 Å². The van der Waals surface area contributed by atoms with Crippen molar-refractivity contribution in [3.63, 3.8) is 0 Å². The van der Waals surface area contributed by atoms with E-state index in [0.29, 0.717) is 25.7 Å². The van der Waals surface area contributed by atoms with Crippen molar-refractivity contribution in [2.45, 2.75) is 64.8 Å². The molecule has 114 valence electrons. The molecule has 0 unspecified atom stereocenters. The van der Waals surface area contributed by atoms with Crippen LogP contribution in [0.4, 0.5) is 0 Å². The third-order valence-corrected chi connectivity index (χ3v) is 8.26. The van der Waals surface area contributed by atoms with Crippen LogP contribution < -0.4 is 0 Å². The predicted octanol–water partition coefficient (Wildman–Crippen LogP) is 2.10. The van der Waals surface area contributed by atoms with Crippen LogP contribution in [0.3, 0.4) is 0 Å². The van der Waals surface area contributed by atoms with E-state index in [1.165, 1.54) is 0 Å². The summed E-state index contributed by atoms with van der Waals surface area (Å²) in [6, 6.07) is -0.436. The monoisotopic (exact) mass is 311 g/mol. The zero-order valence-electron chi connectivity index (χ0n) is 11.8. The van der Waals surface area contributed by atoms with Crippen molar-refractivity contribution in [1.29, 1.82) is 0 Å². The fraction of sp³-hybridized carbons (Fsp3) is 1.00. The highest BCUT2D eigenvalue weighted by Gasteiger charge is 2.38. The molecule has 0 amide bonds. The van der Waals surface area contributed by atoms with Crippen LogP contribution in [0.25, 0.3) is 0 Å². The Bertz CT molecular complexity index is 428. The van der Waals surface area contributed by atoms with E-state index in [9.17, 15) is 16.8 Å². The normalized spacial score (nSPS) is 25.2. The summed E-state index contributed by atoms with van der Waals surface area (Å²) in [6.45, 7) is 3.66. The Morgan fingerprint density at radius 1 is 0.789 bits per heavy atom. The smallest absolute Gasteiger partial charge is 0.211 e. The molecule has 7 heteroatoms. The molecule has 0 N–H and O–H groups in total. The van der Waals surface area contributed by atoms with E-state index in [1.807, 2.05) is 13.8 Å². The Morgan fingerprint density at radius 2 is 1.16 bits per heavy atom. The molecule has 0 atom stereocenters. The highest BCUT2D eigenvalue weighted by molar-refractivity contribution is 8.04. The lowest BCUT2D eigenvalue weighted by Crippen LogP contribution is -2.46. The Kier molecular flexibility index (Phi) is 6.26. The minimum Gasteiger partial charge on any atom is -0.211 e. The maximum Gasteiger partial charge on any atom is 0.227 e. The molecule has 1 fully saturated rings. The van der Waals surface area contributed by atoms with Crippen LogP contribution in [-0.2, 0) is 20.0 Å². The second-order valence-corrected chi connectivity index (χ2v) is 9.26. The van der Waals surface area contributed by atoms with Crippen LogP contribution in [0.15, 0.2) is 0 Å². The Labute approximate surface area is 117 Å². The molecular weight excluding hydrogens is 286 g/mol. The average Bonchev–Trinajstić information content (AvgIpc) is 2.32. The number of sulfonamides is 2. The maximum absolute atomic E-state index is 12.3. The van der Waals surface area contributed by atoms with E-state index >= 15 is 0 Å². The van der Waals surface area contributed by atoms with Crippen LogP contribution in [0, 0.1) is 0 Å². The van der Waals surface area contributed by atoms with Crippen molar-refractivity contribution in [2.24, 2.45) is 0 Å². The number of hydrogen-bond acceptors (Lipinski definition) is 4. The van der Waals surface area contributed by atoms with Gasteiger partial charge in [-0.15, -0.1) is 0 Å². The summed E-state index contributed by atoms with van der Waals surface area (Å²) in [4.78, 5) is 0. The van der Waals surface area contributed by atoms with Gasteiger partial charge in [-0.2, -0.15) is 0 Å². The molecule has 0 bridgehead atoms. The van der Waals surface area contributed by atoms with Crippen LogP contribution in [0.5, 0.6) is 0 Å². The minimum atomic E-state index is -3.71. The van der Waals surface area contributed by atoms with E-state index in [-0.39, 0.29) is 11.5 Å². The van der Waals surface area contributed by atoms with E-state index in [1.54, 1.807) is 0 Å². The third-order valence-electron chi connectivity index (χ3n) is 3.59. The molecule has 1 aliphatic rings. The SMILES string of the molecule is CCC(CC)N1S(=O)(=O)CCCCCCCS1(=O)=O. The van der Waals surface area contributed by atoms with Gasteiger partial charge in [0.05, 0.1) is 11.5 Å². The molecule has 1 saturated heterocycles. The van der Waals surface area contributed by atoms with Gasteiger partial charge in [-0.05, 0) is 25.7 Å². The Hall–Kier alpha value is -0.140. The number of rotatable bonds is 3. The van der Waals surface area contributed by atoms with Crippen molar-refractivity contribution in [3.05, 3.63) is 0 Å². The average molecular weight is 311 g/mol. The van der Waals surface area contributed by atoms with Gasteiger partial charge in [0.2, 0.25) is 20.0 Å². The van der Waals surface area contributed by atoms with Gasteiger partial charge in [0.25, 0.3) is 0 Å². The van der Waals surface area contributed by atoms with Gasteiger partial charge in [-0.25, -0.2) is 16.8 Å². The summed E-state index contributed by atoms with van der Waals surface area (Å²) in [6.07, 6.45) is 4.77. The van der Waals surface area contributed by atoms with Gasteiger partial charge in [-0.3, -0.25) is 0 Å². The van der Waals surface area contributed by atoms with Crippen molar-refractivity contribution in [3.8, 4) is 0 Å². The standard InChI is InChI=1S/C12H25NO4S2/c1-3-12(4-2)13-18(14,15)10-8-6-5-7-9-11-19(13,16)17/h12H,3-11H2,1-2H3. The first-order valence-corrected chi connectivity index (χ1v) is 10.3. The first kappa shape index (κ1) is 16.9. The van der Waals surface area contributed by atoms with Gasteiger partial charge < -0.3 is 0 Å². The lowest BCUT2D eigenvalue weighted by atomic mass is 10.2. The summed E-state index contributed by atoms with van der Waals surface area (Å²) in [5, 5.41) is 0. The first-order valence-electron chi connectivity index (χ1n) is 7.10. The summed E-state index contributed by atoms with van der Waals surface area (Å²) >= 11 is 0. The molecule has 0 aromatic carbocycles. The second-order valence-electron chi connectivity index (χ2n) is 5.10. The fourth-order valence-corrected chi connectivity index (χ4v) is 7.33. The molecule has 0 aromatic heterocycles. The zero-order chi connectivity index (χ0) is 14.5. The Morgan fingerprint density at radius 3 is 1.53 bits per heavy atom. The molecular formula is C12H25NO4S2. The van der Waals surface area contributed by atoms with Gasteiger partial charge in [0, 0.05) is 6.04 Å². The van der Waals surface area contributed by atoms with E-state index in [0.717, 1.165) is 23.0 Å². The molecule has 0 radical (unpaired) electrons. The van der Waals surface area contributed by atoms with Crippen molar-refractivity contribution in [1.82, 2.24) is 3.71 Å². The van der Waals surface area contributed by atoms with Crippen LogP contribution in [0.2, 0.25) is 0 Å². The van der Waals surface area contributed by atoms with Gasteiger partial charge in [-0.1, -0.05) is 36.8 Å². The molecule has 0 saturated carbocycles. The number of nitrogens with zero attached hydrogens (tertiary/aromatic N) is 1. The summed E-state index contributed by atoms with van der Waals surface area (Å²) in [5.41, 5.74) is 0. The lowest BCUT2D eigenvalue weighted by Gasteiger charge is -2.29. The van der Waals surface area contributed by atoms with Gasteiger partial charge in [0.1, 0.15) is 0 Å². The van der Waals surface area contributed by atoms with Crippen LogP contribution in [-0.4, -0.2) is 38.1 Å². The maximum atomic E-state index is 12.3. The lowest BCUT2D eigenvalue weighted by molar-refractivity contribution is 0.399. The van der Waals surface area contributed by atoms with Crippen molar-refractivity contribution < 1.29 is 16.8 Å². The first-order chi connectivity index (χ1) is 8.85. The molecule has 5 nitrogen and oxygen atoms in total. The topological polar surface area (TPSA) is 71.5 Å². The quantitative estimate of drug-likeness (QED) is 0.800. The predicted molar refractivity (Wildman–Crippen MR) is 76.9 cm³/mol. The van der Waals surface area contributed by atoms with Gasteiger partial charge in [0.15, 0.2) is 0 Å². The molecule has 1 aliphatic heterocycles. The van der Waals surface area contributed by atoms with Crippen LogP contribution in [0.1, 0.15) is 58.8 Å². The van der Waals surface area contributed by atoms with E-state index < -0.39 is 26.1 Å². The molecule has 0 spiro atoms. The van der Waals surface area contributed by atoms with E-state index in [4.69, 9.17) is 0 Å². The molecule has 1 rings (SSSR count). The number of hydrogen-bond donors (Lipinski definition) is 0. The summed E-state index contributed by atoms with van der Waals surface area (Å²) in [7, 11) is -7.42. The molecule has 0 aromatic rings. The molecule has 1 heterocycles. The van der Waals surface area contributed by atoms with Crippen molar-refractivity contribution >= 4 is 20.0 Å². The largest absolute Gasteiger partial charge is 0.227 e. The highest BCUT2D eigenvalue weighted by Crippen LogP contribution is 2.23. The highest BCUT2D eigenvalue weighted by atomic mass is 32.3.